The molecule has 37 heavy (non-hydrogen) atoms. The Hall–Kier alpha value is -3.63. The molecule has 2 aromatic rings. The van der Waals surface area contributed by atoms with Gasteiger partial charge in [0, 0.05) is 33.9 Å². The third-order valence-electron chi connectivity index (χ3n) is 5.36. The van der Waals surface area contributed by atoms with Crippen LogP contribution >= 0.6 is 34.9 Å². The van der Waals surface area contributed by atoms with Crippen LogP contribution in [0.5, 0.6) is 0 Å². The highest BCUT2D eigenvalue weighted by Crippen LogP contribution is 2.40. The molecule has 0 bridgehead atoms. The second-order valence-electron chi connectivity index (χ2n) is 7.66. The highest BCUT2D eigenvalue weighted by Gasteiger charge is 2.54. The fourth-order valence-electron chi connectivity index (χ4n) is 3.78. The minimum absolute atomic E-state index is 0.150. The van der Waals surface area contributed by atoms with Gasteiger partial charge in [-0.2, -0.15) is 4.57 Å². The van der Waals surface area contributed by atoms with Crippen molar-refractivity contribution in [3.8, 4) is 0 Å². The standard InChI is InChI=1S/C21H20N6O7S3/c1-34-25-15(10-7-37-21(22)23-10)18(30)24-16-11-8-35-12(17(20(32)33)27(11)19(16)31)9-36-13-4-2-3-5-26(13)6-14(28)29/h2-5,7,11,16H,6,8-9H2,1H3,(H4-,22,23,24,28,29,30,32,33)/p+1. The van der Waals surface area contributed by atoms with Crippen LogP contribution in [0, 0.1) is 0 Å². The van der Waals surface area contributed by atoms with E-state index in [1.807, 2.05) is 0 Å². The van der Waals surface area contributed by atoms with Crippen LogP contribution in [0.15, 0.2) is 50.6 Å². The van der Waals surface area contributed by atoms with Crippen molar-refractivity contribution >= 4 is 69.5 Å². The highest BCUT2D eigenvalue weighted by molar-refractivity contribution is 8.06. The van der Waals surface area contributed by atoms with Gasteiger partial charge in [0.2, 0.25) is 11.6 Å². The van der Waals surface area contributed by atoms with Crippen LogP contribution in [0.1, 0.15) is 5.69 Å². The zero-order valence-electron chi connectivity index (χ0n) is 19.2. The summed E-state index contributed by atoms with van der Waals surface area (Å²) in [5, 5.41) is 27.7. The number of anilines is 1. The third kappa shape index (κ3) is 5.55. The molecule has 0 saturated carbocycles. The van der Waals surface area contributed by atoms with Gasteiger partial charge in [-0.1, -0.05) is 16.9 Å². The van der Waals surface area contributed by atoms with Gasteiger partial charge in [0.05, 0.1) is 6.04 Å². The van der Waals surface area contributed by atoms with Crippen LogP contribution in [-0.4, -0.2) is 80.3 Å². The number of carbonyl (C=O) groups excluding carboxylic acids is 2. The Balaban J connectivity index is 1.49. The van der Waals surface area contributed by atoms with E-state index in [4.69, 9.17) is 15.7 Å². The number of nitrogens with one attached hydrogen (secondary N) is 1. The Morgan fingerprint density at radius 2 is 2.16 bits per heavy atom. The molecule has 2 amide bonds. The number of thiazole rings is 1. The average Bonchev–Trinajstić information content (AvgIpc) is 3.29. The lowest BCUT2D eigenvalue weighted by Crippen LogP contribution is -2.73. The monoisotopic (exact) mass is 565 g/mol. The molecule has 2 unspecified atom stereocenters. The normalized spacial score (nSPS) is 19.2. The predicted octanol–water partition coefficient (Wildman–Crippen LogP) is -0.0212. The number of aliphatic carboxylic acids is 2. The van der Waals surface area contributed by atoms with E-state index in [-0.39, 0.29) is 34.5 Å². The van der Waals surface area contributed by atoms with Crippen molar-refractivity contribution in [2.45, 2.75) is 23.7 Å². The van der Waals surface area contributed by atoms with Crippen LogP contribution in [0.2, 0.25) is 0 Å². The third-order valence-corrected chi connectivity index (χ3v) is 8.51. The molecule has 13 nitrogen and oxygen atoms in total. The summed E-state index contributed by atoms with van der Waals surface area (Å²) >= 11 is 3.66. The van der Waals surface area contributed by atoms with Gasteiger partial charge in [-0.25, -0.2) is 14.6 Å². The van der Waals surface area contributed by atoms with Crippen LogP contribution < -0.4 is 15.6 Å². The molecule has 0 aliphatic carbocycles. The van der Waals surface area contributed by atoms with Crippen LogP contribution in [0.25, 0.3) is 0 Å². The smallest absolute Gasteiger partial charge is 0.370 e. The van der Waals surface area contributed by atoms with E-state index in [1.54, 1.807) is 29.0 Å². The number of thioether (sulfide) groups is 2. The van der Waals surface area contributed by atoms with E-state index >= 15 is 0 Å². The first-order valence-corrected chi connectivity index (χ1v) is 13.4. The average molecular weight is 566 g/mol. The van der Waals surface area contributed by atoms with Gasteiger partial charge in [-0.05, 0) is 6.07 Å². The molecule has 2 aliphatic rings. The van der Waals surface area contributed by atoms with Gasteiger partial charge in [-0.3, -0.25) is 14.5 Å². The van der Waals surface area contributed by atoms with Gasteiger partial charge >= 0.3 is 11.9 Å². The van der Waals surface area contributed by atoms with Crippen molar-refractivity contribution < 1.29 is 38.8 Å². The molecule has 5 N–H and O–H groups in total. The second-order valence-corrected chi connectivity index (χ2v) is 10.7. The Kier molecular flexibility index (Phi) is 7.99. The molecule has 2 aliphatic heterocycles. The topological polar surface area (TPSA) is 188 Å². The Labute approximate surface area is 222 Å². The number of hydrogen-bond acceptors (Lipinski definition) is 11. The molecule has 0 radical (unpaired) electrons. The number of oxime groups is 1. The number of rotatable bonds is 10. The lowest BCUT2D eigenvalue weighted by atomic mass is 9.94. The Bertz CT molecular complexity index is 1330. The number of nitrogens with two attached hydrogens (primary N) is 1. The van der Waals surface area contributed by atoms with Gasteiger partial charge < -0.3 is 26.1 Å². The maximum Gasteiger partial charge on any atom is 0.370 e. The highest BCUT2D eigenvalue weighted by atomic mass is 32.2. The molecule has 16 heteroatoms. The van der Waals surface area contributed by atoms with E-state index in [1.165, 1.54) is 40.9 Å². The number of carbonyl (C=O) groups is 4. The summed E-state index contributed by atoms with van der Waals surface area (Å²) in [6, 6.07) is 3.67. The van der Waals surface area contributed by atoms with Gasteiger partial charge in [0.1, 0.15) is 24.5 Å². The molecule has 4 rings (SSSR count). The number of fused-ring (bicyclic) bond motifs is 1. The first kappa shape index (κ1) is 26.4. The molecular weight excluding hydrogens is 544 g/mol. The number of nitrogen functional groups attached to an aromatic ring is 1. The van der Waals surface area contributed by atoms with Crippen molar-refractivity contribution in [1.29, 1.82) is 0 Å². The maximum atomic E-state index is 13.0. The maximum absolute atomic E-state index is 13.0. The summed E-state index contributed by atoms with van der Waals surface area (Å²) < 4.78 is 1.54. The lowest BCUT2D eigenvalue weighted by Gasteiger charge is -2.49. The number of carboxylic acids is 2. The summed E-state index contributed by atoms with van der Waals surface area (Å²) in [6.07, 6.45) is 1.63. The number of pyridine rings is 1. The molecule has 0 aromatic carbocycles. The minimum atomic E-state index is -1.27. The second kappa shape index (κ2) is 11.2. The van der Waals surface area contributed by atoms with E-state index in [0.717, 1.165) is 11.3 Å². The SMILES string of the molecule is CON=C(C(=O)NC1C(=O)N2C(C(=O)O)=C(CSc3cccc[n+]3CC(=O)O)SCC12)c1csc(N)n1. The molecule has 194 valence electrons. The first-order valence-electron chi connectivity index (χ1n) is 10.6. The number of nitrogens with zero attached hydrogens (tertiary/aromatic N) is 4. The predicted molar refractivity (Wildman–Crippen MR) is 135 cm³/mol. The van der Waals surface area contributed by atoms with E-state index in [9.17, 15) is 24.3 Å². The minimum Gasteiger partial charge on any atom is -0.477 e. The number of aromatic nitrogens is 2. The van der Waals surface area contributed by atoms with E-state index < -0.39 is 35.8 Å². The largest absolute Gasteiger partial charge is 0.477 e. The van der Waals surface area contributed by atoms with Crippen LogP contribution in [-0.2, 0) is 30.6 Å². The number of carboxylic acid groups (broad SMARTS) is 2. The summed E-state index contributed by atoms with van der Waals surface area (Å²) in [5.41, 5.74) is 5.52. The van der Waals surface area contributed by atoms with Gasteiger partial charge in [0.15, 0.2) is 17.0 Å². The summed E-state index contributed by atoms with van der Waals surface area (Å²) in [4.78, 5) is 59.5. The molecule has 1 saturated heterocycles. The summed E-state index contributed by atoms with van der Waals surface area (Å²) in [7, 11) is 1.26. The number of β-lactam (4-membered cyclic amide) rings is 1. The fourth-order valence-corrected chi connectivity index (χ4v) is 6.76. The number of hydrogen-bond donors (Lipinski definition) is 4. The van der Waals surface area contributed by atoms with E-state index in [0.29, 0.717) is 15.7 Å². The first-order chi connectivity index (χ1) is 17.7. The van der Waals surface area contributed by atoms with Crippen LogP contribution in [0.4, 0.5) is 5.13 Å². The molecule has 2 atom stereocenters. The molecule has 2 aromatic heterocycles. The van der Waals surface area contributed by atoms with Crippen molar-refractivity contribution in [1.82, 2.24) is 15.2 Å². The molecular formula is C21H21N6O7S3+. The van der Waals surface area contributed by atoms with Crippen molar-refractivity contribution in [2.75, 3.05) is 24.3 Å². The van der Waals surface area contributed by atoms with Gasteiger partial charge in [0.25, 0.3) is 11.8 Å². The fraction of sp³-hybridized carbons (Fsp3) is 0.286. The lowest BCUT2D eigenvalue weighted by molar-refractivity contribution is -0.722. The zero-order valence-corrected chi connectivity index (χ0v) is 21.6. The van der Waals surface area contributed by atoms with Crippen molar-refractivity contribution in [3.05, 3.63) is 46.1 Å². The van der Waals surface area contributed by atoms with Crippen LogP contribution in [0.3, 0.4) is 0 Å². The van der Waals surface area contributed by atoms with Crippen molar-refractivity contribution in [3.63, 3.8) is 0 Å². The Morgan fingerprint density at radius 1 is 1.38 bits per heavy atom. The van der Waals surface area contributed by atoms with E-state index in [2.05, 4.69) is 15.5 Å². The summed E-state index contributed by atoms with van der Waals surface area (Å²) in [5.74, 6) is -2.96. The molecule has 0 spiro atoms. The van der Waals surface area contributed by atoms with Gasteiger partial charge in [-0.15, -0.1) is 23.1 Å². The number of amides is 2. The van der Waals surface area contributed by atoms with Crippen molar-refractivity contribution in [2.24, 2.45) is 5.16 Å². The molecule has 4 heterocycles. The quantitative estimate of drug-likeness (QED) is 0.0996. The molecule has 1 fully saturated rings. The Morgan fingerprint density at radius 3 is 2.81 bits per heavy atom. The zero-order chi connectivity index (χ0) is 26.7. The summed E-state index contributed by atoms with van der Waals surface area (Å²) in [6.45, 7) is -0.239.